The molecule has 0 aliphatic rings. The molecule has 10 rings (SSSR count). The van der Waals surface area contributed by atoms with Gasteiger partial charge in [-0.2, -0.15) is 0 Å². The molecular formula is C67H62N3OPt-. The van der Waals surface area contributed by atoms with Gasteiger partial charge in [0.25, 0.3) is 0 Å². The van der Waals surface area contributed by atoms with Crippen molar-refractivity contribution in [3.8, 4) is 89.7 Å². The standard InChI is InChI=1S/C67H62N3O.Pt/c1-41(2)52-38-59(44(7)8)66(71)60(39-52)67-69-65-58(24-17-25-63(65)70(67)62-31-30-51(34-45(62)9)64-56(42(3)4)22-16-23-57(64)43(5)6)54-35-53(47-20-14-11-15-21-47)36-55(37-54)61-40-50(32-33-68-61)49-28-26-48(27-29-49)46-18-12-10-13-19-46;/h10-36,38-44,71H,1-9H3;/q-1;/i9D3,41D,42D,44D;. The van der Waals surface area contributed by atoms with E-state index in [1.165, 1.54) is 0 Å². The first-order valence-electron chi connectivity index (χ1n) is 27.4. The van der Waals surface area contributed by atoms with E-state index in [0.29, 0.717) is 44.5 Å². The maximum Gasteiger partial charge on any atom is 0.148 e. The van der Waals surface area contributed by atoms with E-state index < -0.39 is 24.5 Å². The molecule has 2 heterocycles. The molecular weight excluding hydrogens is 1060 g/mol. The van der Waals surface area contributed by atoms with Gasteiger partial charge in [-0.15, -0.1) is 23.8 Å². The number of phenolic OH excluding ortho intramolecular Hbond substituents is 1. The zero-order chi connectivity index (χ0) is 54.8. The van der Waals surface area contributed by atoms with E-state index >= 15 is 0 Å². The molecule has 5 heteroatoms. The SMILES string of the molecule is [2H]C([2H])([2H])c1cc(-c2c(C(C)C)cccc2C([2H])(C)C)ccc1-n1c(-c2cc(C([2H])(C)C)cc(C([2H])(C)C)c2O)nc2c(-c3[c-]c(-c4cc(-c5ccc(-c6ccccc6)cc5)ccn4)cc(-c4ccccc4)c3)cccc21.[Pt]. The van der Waals surface area contributed by atoms with Crippen LogP contribution in [0, 0.1) is 12.9 Å². The average Bonchev–Trinajstić information content (AvgIpc) is 4.00. The molecule has 72 heavy (non-hydrogen) atoms. The number of pyridine rings is 1. The number of aromatic hydroxyl groups is 1. The van der Waals surface area contributed by atoms with Crippen LogP contribution in [-0.2, 0) is 21.1 Å². The second kappa shape index (κ2) is 20.9. The topological polar surface area (TPSA) is 50.9 Å². The van der Waals surface area contributed by atoms with Crippen LogP contribution in [0.1, 0.15) is 115 Å². The summed E-state index contributed by atoms with van der Waals surface area (Å²) in [6, 6.07) is 61.7. The van der Waals surface area contributed by atoms with Crippen LogP contribution in [0.15, 0.2) is 182 Å². The van der Waals surface area contributed by atoms with E-state index in [2.05, 4.69) is 86.6 Å². The minimum absolute atomic E-state index is 0. The first kappa shape index (κ1) is 42.5. The molecule has 0 atom stereocenters. The van der Waals surface area contributed by atoms with Gasteiger partial charge in [0, 0.05) is 41.2 Å². The third-order valence-electron chi connectivity index (χ3n) is 13.6. The van der Waals surface area contributed by atoms with Gasteiger partial charge in [0.15, 0.2) is 0 Å². The predicted octanol–water partition coefficient (Wildman–Crippen LogP) is 18.4. The Balaban J connectivity index is 0.00000740. The van der Waals surface area contributed by atoms with Gasteiger partial charge in [-0.1, -0.05) is 206 Å². The predicted molar refractivity (Wildman–Crippen MR) is 299 cm³/mol. The van der Waals surface area contributed by atoms with Gasteiger partial charge >= 0.3 is 0 Å². The number of aromatic nitrogens is 3. The summed E-state index contributed by atoms with van der Waals surface area (Å²) in [5.74, 6) is -3.31. The summed E-state index contributed by atoms with van der Waals surface area (Å²) in [7, 11) is 0. The number of rotatable bonds is 12. The molecule has 362 valence electrons. The number of hydrogen-bond donors (Lipinski definition) is 1. The Labute approximate surface area is 449 Å². The second-order valence-corrected chi connectivity index (χ2v) is 19.5. The fourth-order valence-electron chi connectivity index (χ4n) is 9.79. The number of fused-ring (bicyclic) bond motifs is 1. The maximum absolute atomic E-state index is 12.5. The molecule has 0 bridgehead atoms. The number of aryl methyl sites for hydroxylation is 1. The molecule has 0 radical (unpaired) electrons. The second-order valence-electron chi connectivity index (χ2n) is 19.5. The summed E-state index contributed by atoms with van der Waals surface area (Å²) in [5, 5.41) is 12.5. The Bertz CT molecular complexity index is 3830. The van der Waals surface area contributed by atoms with Crippen LogP contribution < -0.4 is 0 Å². The molecule has 0 aliphatic heterocycles. The number of phenols is 1. The van der Waals surface area contributed by atoms with Crippen molar-refractivity contribution in [3.05, 3.63) is 216 Å². The van der Waals surface area contributed by atoms with E-state index in [4.69, 9.17) is 9.97 Å². The number of hydrogen-bond acceptors (Lipinski definition) is 3. The van der Waals surface area contributed by atoms with Crippen LogP contribution in [0.5, 0.6) is 5.75 Å². The molecule has 0 saturated carbocycles. The number of para-hydroxylation sites is 1. The summed E-state index contributed by atoms with van der Waals surface area (Å²) in [4.78, 5) is 10.4. The molecule has 0 amide bonds. The molecule has 0 fully saturated rings. The molecule has 0 saturated heterocycles. The van der Waals surface area contributed by atoms with Crippen LogP contribution in [0.4, 0.5) is 0 Å². The van der Waals surface area contributed by atoms with Crippen molar-refractivity contribution in [1.82, 2.24) is 14.5 Å². The van der Waals surface area contributed by atoms with Gasteiger partial charge in [0.1, 0.15) is 11.6 Å². The van der Waals surface area contributed by atoms with Crippen LogP contribution in [0.3, 0.4) is 0 Å². The smallest absolute Gasteiger partial charge is 0.148 e. The van der Waals surface area contributed by atoms with Gasteiger partial charge in [-0.05, 0) is 128 Å². The van der Waals surface area contributed by atoms with Crippen LogP contribution in [0.25, 0.3) is 95.0 Å². The normalized spacial score (nSPS) is 13.4. The van der Waals surface area contributed by atoms with Crippen molar-refractivity contribution in [2.75, 3.05) is 0 Å². The molecule has 0 unspecified atom stereocenters. The molecule has 1 N–H and O–H groups in total. The Kier molecular flexibility index (Phi) is 12.4. The number of imidazole rings is 1. The summed E-state index contributed by atoms with van der Waals surface area (Å²) in [6.07, 6.45) is 1.82. The number of nitrogens with zero attached hydrogens (tertiary/aromatic N) is 3. The Morgan fingerprint density at radius 2 is 1.14 bits per heavy atom. The quantitative estimate of drug-likeness (QED) is 0.124. The van der Waals surface area contributed by atoms with Crippen molar-refractivity contribution in [2.24, 2.45) is 0 Å². The fraction of sp³-hybridized carbons (Fsp3) is 0.194. The van der Waals surface area contributed by atoms with Crippen molar-refractivity contribution in [1.29, 1.82) is 0 Å². The zero-order valence-corrected chi connectivity index (χ0v) is 44.3. The van der Waals surface area contributed by atoms with Crippen molar-refractivity contribution >= 4 is 11.0 Å². The van der Waals surface area contributed by atoms with Gasteiger partial charge in [-0.3, -0.25) is 9.55 Å². The van der Waals surface area contributed by atoms with E-state index in [0.717, 1.165) is 61.3 Å². The van der Waals surface area contributed by atoms with Gasteiger partial charge < -0.3 is 5.11 Å². The van der Waals surface area contributed by atoms with Crippen LogP contribution in [-0.4, -0.2) is 19.6 Å². The maximum atomic E-state index is 12.5. The van der Waals surface area contributed by atoms with E-state index in [9.17, 15) is 13.3 Å². The largest absolute Gasteiger partial charge is 0.507 e. The third-order valence-corrected chi connectivity index (χ3v) is 13.6. The first-order valence-corrected chi connectivity index (χ1v) is 24.4. The fourth-order valence-corrected chi connectivity index (χ4v) is 9.79. The van der Waals surface area contributed by atoms with Crippen LogP contribution >= 0.6 is 0 Å². The Morgan fingerprint density at radius 3 is 1.79 bits per heavy atom. The van der Waals surface area contributed by atoms with Gasteiger partial charge in [0.05, 0.1) is 22.3 Å². The average molecular weight is 1130 g/mol. The van der Waals surface area contributed by atoms with Gasteiger partial charge in [-0.25, -0.2) is 4.98 Å². The van der Waals surface area contributed by atoms with Crippen molar-refractivity contribution in [3.63, 3.8) is 0 Å². The molecule has 4 nitrogen and oxygen atoms in total. The Morgan fingerprint density at radius 1 is 0.528 bits per heavy atom. The minimum atomic E-state index is -2.65. The molecule has 0 aliphatic carbocycles. The molecule has 10 aromatic rings. The Hall–Kier alpha value is -7.13. The van der Waals surface area contributed by atoms with E-state index in [1.54, 1.807) is 50.5 Å². The van der Waals surface area contributed by atoms with Crippen molar-refractivity contribution in [2.45, 2.75) is 85.8 Å². The number of benzene rings is 8. The van der Waals surface area contributed by atoms with Crippen molar-refractivity contribution < 1.29 is 34.4 Å². The summed E-state index contributed by atoms with van der Waals surface area (Å²) in [5.41, 5.74) is 15.0. The summed E-state index contributed by atoms with van der Waals surface area (Å²) < 4.78 is 57.1. The van der Waals surface area contributed by atoms with Gasteiger partial charge in [0.2, 0.25) is 0 Å². The molecule has 8 aromatic carbocycles. The zero-order valence-electron chi connectivity index (χ0n) is 48.0. The third kappa shape index (κ3) is 9.66. The summed E-state index contributed by atoms with van der Waals surface area (Å²) >= 11 is 0. The molecule has 0 spiro atoms. The van der Waals surface area contributed by atoms with E-state index in [-0.39, 0.29) is 49.7 Å². The van der Waals surface area contributed by atoms with E-state index in [1.807, 2.05) is 111 Å². The first-order chi connectivity index (χ1) is 36.5. The summed E-state index contributed by atoms with van der Waals surface area (Å²) in [6.45, 7) is 12.1. The monoisotopic (exact) mass is 1130 g/mol. The molecule has 2 aromatic heterocycles. The minimum Gasteiger partial charge on any atom is -0.507 e. The van der Waals surface area contributed by atoms with Crippen LogP contribution in [0.2, 0.25) is 0 Å².